The number of nitro groups is 2. The highest BCUT2D eigenvalue weighted by Crippen LogP contribution is 2.41. The summed E-state index contributed by atoms with van der Waals surface area (Å²) >= 11 is 0. The first kappa shape index (κ1) is 21.9. The second kappa shape index (κ2) is 8.31. The van der Waals surface area contributed by atoms with Gasteiger partial charge in [0, 0.05) is 34.9 Å². The average Bonchev–Trinajstić information content (AvgIpc) is 3.00. The minimum atomic E-state index is -0.829. The van der Waals surface area contributed by atoms with E-state index in [2.05, 4.69) is 24.5 Å². The summed E-state index contributed by atoms with van der Waals surface area (Å²) in [5.74, 6) is -0.606. The van der Waals surface area contributed by atoms with Gasteiger partial charge in [0.1, 0.15) is 0 Å². The summed E-state index contributed by atoms with van der Waals surface area (Å²) in [6.07, 6.45) is 3.27. The molecule has 0 aliphatic carbocycles. The van der Waals surface area contributed by atoms with Crippen molar-refractivity contribution >= 4 is 28.8 Å². The number of hydrogen-bond acceptors (Lipinski definition) is 5. The van der Waals surface area contributed by atoms with Crippen LogP contribution in [0.2, 0.25) is 0 Å². The number of hydrogen-bond donors (Lipinski definition) is 1. The number of para-hydroxylation sites is 1. The van der Waals surface area contributed by atoms with Crippen molar-refractivity contribution in [2.75, 3.05) is 0 Å². The summed E-state index contributed by atoms with van der Waals surface area (Å²) in [7, 11) is 0. The first-order valence-electron chi connectivity index (χ1n) is 10.3. The maximum atomic E-state index is 11.3. The molecule has 0 unspecified atom stereocenters. The molecule has 3 aromatic rings. The average molecular weight is 444 g/mol. The van der Waals surface area contributed by atoms with Crippen LogP contribution in [0.4, 0.5) is 17.1 Å². The molecule has 33 heavy (non-hydrogen) atoms. The summed E-state index contributed by atoms with van der Waals surface area (Å²) in [6, 6.07) is 19.9. The smallest absolute Gasteiger partial charge is 0.318 e. The van der Waals surface area contributed by atoms with E-state index >= 15 is 0 Å². The third kappa shape index (κ3) is 3.98. The van der Waals surface area contributed by atoms with Gasteiger partial charge in [0.05, 0.1) is 21.3 Å². The third-order valence-corrected chi connectivity index (χ3v) is 5.92. The first-order chi connectivity index (χ1) is 15.7. The number of non-ortho nitro benzene ring substituents is 1. The van der Waals surface area contributed by atoms with Crippen molar-refractivity contribution in [1.29, 1.82) is 0 Å². The second-order valence-corrected chi connectivity index (χ2v) is 8.35. The van der Waals surface area contributed by atoms with Gasteiger partial charge in [0.2, 0.25) is 11.4 Å². The lowest BCUT2D eigenvalue weighted by atomic mass is 9.81. The van der Waals surface area contributed by atoms with Gasteiger partial charge in [-0.25, -0.2) is 0 Å². The molecule has 1 aliphatic rings. The molecule has 0 atom stereocenters. The molecular weight excluding hydrogens is 422 g/mol. The van der Waals surface area contributed by atoms with Crippen LogP contribution >= 0.6 is 0 Å². The molecule has 1 N–H and O–H groups in total. The Labute approximate surface area is 190 Å². The number of nitrogens with zero attached hydrogens (tertiary/aromatic N) is 3. The molecule has 1 aliphatic heterocycles. The van der Waals surface area contributed by atoms with Gasteiger partial charge in [-0.05, 0) is 19.9 Å². The summed E-state index contributed by atoms with van der Waals surface area (Å²) in [5.41, 5.74) is 2.61. The molecule has 0 fully saturated rings. The topological polar surface area (TPSA) is 110 Å². The van der Waals surface area contributed by atoms with Crippen molar-refractivity contribution < 1.29 is 19.5 Å². The largest absolute Gasteiger partial charge is 0.502 e. The van der Waals surface area contributed by atoms with Crippen molar-refractivity contribution in [3.8, 4) is 5.75 Å². The zero-order valence-corrected chi connectivity index (χ0v) is 18.1. The maximum Gasteiger partial charge on any atom is 0.318 e. The van der Waals surface area contributed by atoms with E-state index in [9.17, 15) is 25.3 Å². The van der Waals surface area contributed by atoms with Gasteiger partial charge < -0.3 is 5.11 Å². The van der Waals surface area contributed by atoms with Gasteiger partial charge in [-0.2, -0.15) is 4.58 Å². The highest BCUT2D eigenvalue weighted by atomic mass is 16.6. The van der Waals surface area contributed by atoms with Gasteiger partial charge >= 0.3 is 5.69 Å². The van der Waals surface area contributed by atoms with Crippen molar-refractivity contribution in [2.24, 2.45) is 0 Å². The fraction of sp³-hybridized carbons (Fsp3) is 0.160. The lowest BCUT2D eigenvalue weighted by Crippen LogP contribution is -2.27. The van der Waals surface area contributed by atoms with Crippen LogP contribution in [0.3, 0.4) is 0 Å². The number of benzene rings is 3. The molecule has 4 rings (SSSR count). The minimum Gasteiger partial charge on any atom is -0.502 e. The van der Waals surface area contributed by atoms with Crippen LogP contribution in [0.1, 0.15) is 30.5 Å². The SMILES string of the molecule is CC1(C)C(/C=C/c2cc([N+](=O)[O-])cc([N+](=O)[O-])c2O)=[N+](Cc2ccccc2)c2ccccc21. The number of phenolic OH excluding ortho intramolecular Hbond substituents is 1. The van der Waals surface area contributed by atoms with Crippen LogP contribution in [0.15, 0.2) is 72.8 Å². The Bertz CT molecular complexity index is 1330. The minimum absolute atomic E-state index is 0.00909. The molecule has 166 valence electrons. The summed E-state index contributed by atoms with van der Waals surface area (Å²) in [5, 5.41) is 33.0. The number of phenols is 1. The van der Waals surface area contributed by atoms with E-state index in [1.165, 1.54) is 6.08 Å². The van der Waals surface area contributed by atoms with Gasteiger partial charge in [-0.3, -0.25) is 20.2 Å². The van der Waals surface area contributed by atoms with Gasteiger partial charge in [-0.1, -0.05) is 48.5 Å². The van der Waals surface area contributed by atoms with E-state index in [0.29, 0.717) is 6.54 Å². The Morgan fingerprint density at radius 2 is 1.61 bits per heavy atom. The van der Waals surface area contributed by atoms with E-state index in [1.807, 2.05) is 48.5 Å². The number of aromatic hydroxyl groups is 1. The normalized spacial score (nSPS) is 14.5. The van der Waals surface area contributed by atoms with Crippen molar-refractivity contribution in [2.45, 2.75) is 25.8 Å². The predicted octanol–water partition coefficient (Wildman–Crippen LogP) is 5.50. The molecule has 8 heteroatoms. The summed E-state index contributed by atoms with van der Waals surface area (Å²) in [4.78, 5) is 21.0. The van der Waals surface area contributed by atoms with Crippen molar-refractivity contribution in [3.63, 3.8) is 0 Å². The number of allylic oxidation sites excluding steroid dienone is 1. The molecule has 0 amide bonds. The zero-order valence-electron chi connectivity index (χ0n) is 18.1. The molecule has 0 aromatic heterocycles. The molecule has 0 radical (unpaired) electrons. The zero-order chi connectivity index (χ0) is 23.8. The third-order valence-electron chi connectivity index (χ3n) is 5.92. The number of nitro benzene ring substituents is 2. The van der Waals surface area contributed by atoms with Crippen LogP contribution in [-0.4, -0.2) is 25.2 Å². The van der Waals surface area contributed by atoms with Crippen LogP contribution in [0.5, 0.6) is 5.75 Å². The standard InChI is InChI=1S/C25H21N3O5/c1-25(2)20-10-6-7-11-21(20)26(16-17-8-4-3-5-9-17)23(25)13-12-18-14-19(27(30)31)15-22(24(18)29)28(32)33/h3-15H,16H2,1-2H3/p+1. The molecule has 1 heterocycles. The van der Waals surface area contributed by atoms with E-state index in [4.69, 9.17) is 0 Å². The van der Waals surface area contributed by atoms with Crippen LogP contribution < -0.4 is 0 Å². The quantitative estimate of drug-likeness (QED) is 0.307. The van der Waals surface area contributed by atoms with Crippen LogP contribution in [0, 0.1) is 20.2 Å². The van der Waals surface area contributed by atoms with Gasteiger partial charge in [-0.15, -0.1) is 0 Å². The Morgan fingerprint density at radius 1 is 0.939 bits per heavy atom. The Hall–Kier alpha value is -4.33. The molecular formula is C25H22N3O5+. The lowest BCUT2D eigenvalue weighted by Gasteiger charge is -2.15. The molecule has 8 nitrogen and oxygen atoms in total. The Balaban J connectivity index is 1.86. The summed E-state index contributed by atoms with van der Waals surface area (Å²) in [6.45, 7) is 4.75. The predicted molar refractivity (Wildman–Crippen MR) is 125 cm³/mol. The monoisotopic (exact) mass is 444 g/mol. The number of rotatable bonds is 6. The molecule has 0 bridgehead atoms. The van der Waals surface area contributed by atoms with Crippen LogP contribution in [-0.2, 0) is 12.0 Å². The fourth-order valence-corrected chi connectivity index (χ4v) is 4.24. The first-order valence-corrected chi connectivity index (χ1v) is 10.3. The second-order valence-electron chi connectivity index (χ2n) is 8.35. The highest BCUT2D eigenvalue weighted by Gasteiger charge is 2.44. The van der Waals surface area contributed by atoms with Crippen molar-refractivity contribution in [3.05, 3.63) is 110 Å². The molecule has 0 saturated carbocycles. The highest BCUT2D eigenvalue weighted by molar-refractivity contribution is 6.05. The maximum absolute atomic E-state index is 11.3. The van der Waals surface area contributed by atoms with Gasteiger partial charge in [0.15, 0.2) is 12.3 Å². The number of fused-ring (bicyclic) bond motifs is 1. The van der Waals surface area contributed by atoms with Crippen LogP contribution in [0.25, 0.3) is 6.08 Å². The summed E-state index contributed by atoms with van der Waals surface area (Å²) < 4.78 is 2.16. The van der Waals surface area contributed by atoms with E-state index < -0.39 is 32.4 Å². The Morgan fingerprint density at radius 3 is 2.27 bits per heavy atom. The van der Waals surface area contributed by atoms with E-state index in [-0.39, 0.29) is 5.56 Å². The lowest BCUT2D eigenvalue weighted by molar-refractivity contribution is -0.455. The molecule has 0 spiro atoms. The van der Waals surface area contributed by atoms with Crippen molar-refractivity contribution in [1.82, 2.24) is 0 Å². The van der Waals surface area contributed by atoms with E-state index in [1.54, 1.807) is 6.08 Å². The van der Waals surface area contributed by atoms with Gasteiger partial charge in [0.25, 0.3) is 5.69 Å². The van der Waals surface area contributed by atoms with E-state index in [0.717, 1.165) is 34.7 Å². The fourth-order valence-electron chi connectivity index (χ4n) is 4.24. The molecule has 0 saturated heterocycles. The molecule has 3 aromatic carbocycles. The Kier molecular flexibility index (Phi) is 5.51.